The molecule has 0 aliphatic carbocycles. The van der Waals surface area contributed by atoms with Crippen molar-refractivity contribution in [2.24, 2.45) is 5.73 Å². The van der Waals surface area contributed by atoms with Crippen molar-refractivity contribution in [3.8, 4) is 5.75 Å². The van der Waals surface area contributed by atoms with Gasteiger partial charge in [0.05, 0.1) is 0 Å². The molecule has 0 unspecified atom stereocenters. The van der Waals surface area contributed by atoms with Gasteiger partial charge in [0.25, 0.3) is 5.91 Å². The summed E-state index contributed by atoms with van der Waals surface area (Å²) in [6, 6.07) is 6.59. The molecule has 0 aliphatic heterocycles. The van der Waals surface area contributed by atoms with Crippen LogP contribution >= 0.6 is 0 Å². The number of amides is 3. The highest BCUT2D eigenvalue weighted by Gasteiger charge is 2.15. The first-order valence-electron chi connectivity index (χ1n) is 5.77. The van der Waals surface area contributed by atoms with Crippen LogP contribution in [0.25, 0.3) is 0 Å². The van der Waals surface area contributed by atoms with Gasteiger partial charge in [-0.3, -0.25) is 10.1 Å². The second-order valence-corrected chi connectivity index (χ2v) is 4.34. The van der Waals surface area contributed by atoms with Crippen molar-refractivity contribution in [1.29, 1.82) is 0 Å². The summed E-state index contributed by atoms with van der Waals surface area (Å²) in [5.74, 6) is 0.455. The molecule has 98 valence electrons. The normalized spacial score (nSPS) is 12.0. The topological polar surface area (TPSA) is 81.4 Å². The minimum atomic E-state index is -0.884. The van der Waals surface area contributed by atoms with Gasteiger partial charge < -0.3 is 10.5 Å². The zero-order chi connectivity index (χ0) is 13.7. The van der Waals surface area contributed by atoms with Gasteiger partial charge in [-0.2, -0.15) is 0 Å². The first kappa shape index (κ1) is 14.0. The Kier molecular flexibility index (Phi) is 4.71. The fourth-order valence-electron chi connectivity index (χ4n) is 1.41. The monoisotopic (exact) mass is 250 g/mol. The lowest BCUT2D eigenvalue weighted by Crippen LogP contribution is -2.42. The number of hydrogen-bond donors (Lipinski definition) is 2. The highest BCUT2D eigenvalue weighted by molar-refractivity contribution is 5.95. The summed E-state index contributed by atoms with van der Waals surface area (Å²) in [4.78, 5) is 21.9. The minimum absolute atomic E-state index is 0.439. The molecule has 0 aliphatic rings. The number of primary amides is 1. The molecule has 5 heteroatoms. The first-order valence-corrected chi connectivity index (χ1v) is 5.77. The van der Waals surface area contributed by atoms with E-state index in [0.29, 0.717) is 11.7 Å². The van der Waals surface area contributed by atoms with E-state index in [-0.39, 0.29) is 0 Å². The van der Waals surface area contributed by atoms with Crippen LogP contribution in [0, 0.1) is 0 Å². The van der Waals surface area contributed by atoms with E-state index in [2.05, 4.69) is 13.8 Å². The fraction of sp³-hybridized carbons (Fsp3) is 0.385. The molecule has 18 heavy (non-hydrogen) atoms. The summed E-state index contributed by atoms with van der Waals surface area (Å²) < 4.78 is 5.39. The number of rotatable bonds is 4. The maximum Gasteiger partial charge on any atom is 0.318 e. The van der Waals surface area contributed by atoms with Crippen molar-refractivity contribution >= 4 is 11.9 Å². The average Bonchev–Trinajstić information content (AvgIpc) is 2.28. The van der Waals surface area contributed by atoms with Crippen molar-refractivity contribution in [3.05, 3.63) is 29.8 Å². The number of urea groups is 1. The van der Waals surface area contributed by atoms with Gasteiger partial charge in [0.2, 0.25) is 0 Å². The van der Waals surface area contributed by atoms with Crippen molar-refractivity contribution in [1.82, 2.24) is 5.32 Å². The molecule has 0 saturated carbocycles. The molecule has 3 N–H and O–H groups in total. The molecule has 0 heterocycles. The summed E-state index contributed by atoms with van der Waals surface area (Å²) in [5, 5.41) is 1.97. The van der Waals surface area contributed by atoms with Crippen LogP contribution in [0.1, 0.15) is 32.3 Å². The van der Waals surface area contributed by atoms with Crippen LogP contribution in [0.5, 0.6) is 5.75 Å². The minimum Gasteiger partial charge on any atom is -0.481 e. The van der Waals surface area contributed by atoms with Gasteiger partial charge in [-0.05, 0) is 30.5 Å². The lowest BCUT2D eigenvalue weighted by molar-refractivity contribution is -0.126. The second-order valence-electron chi connectivity index (χ2n) is 4.34. The zero-order valence-corrected chi connectivity index (χ0v) is 10.8. The Hall–Kier alpha value is -2.04. The molecular formula is C13H18N2O3. The molecule has 0 saturated heterocycles. The van der Waals surface area contributed by atoms with Crippen LogP contribution in [-0.4, -0.2) is 18.0 Å². The van der Waals surface area contributed by atoms with Gasteiger partial charge in [-0.1, -0.05) is 26.0 Å². The second kappa shape index (κ2) is 6.05. The maximum absolute atomic E-state index is 11.4. The van der Waals surface area contributed by atoms with Crippen LogP contribution in [0.3, 0.4) is 0 Å². The number of imide groups is 1. The summed E-state index contributed by atoms with van der Waals surface area (Å²) >= 11 is 0. The lowest BCUT2D eigenvalue weighted by Gasteiger charge is -2.14. The Balaban J connectivity index is 2.61. The number of nitrogens with one attached hydrogen (secondary N) is 1. The summed E-state index contributed by atoms with van der Waals surface area (Å²) in [6.07, 6.45) is -0.776. The predicted molar refractivity (Wildman–Crippen MR) is 68.3 cm³/mol. The highest BCUT2D eigenvalue weighted by atomic mass is 16.5. The molecule has 0 bridgehead atoms. The summed E-state index contributed by atoms with van der Waals surface area (Å²) in [6.45, 7) is 5.74. The van der Waals surface area contributed by atoms with Gasteiger partial charge in [0, 0.05) is 0 Å². The largest absolute Gasteiger partial charge is 0.481 e. The Morgan fingerprint density at radius 1 is 1.17 bits per heavy atom. The fourth-order valence-corrected chi connectivity index (χ4v) is 1.41. The summed E-state index contributed by atoms with van der Waals surface area (Å²) in [5.41, 5.74) is 6.04. The Morgan fingerprint density at radius 2 is 1.72 bits per heavy atom. The average molecular weight is 250 g/mol. The molecule has 1 aromatic carbocycles. The third-order valence-electron chi connectivity index (χ3n) is 2.48. The highest BCUT2D eigenvalue weighted by Crippen LogP contribution is 2.19. The van der Waals surface area contributed by atoms with E-state index in [4.69, 9.17) is 10.5 Å². The third-order valence-corrected chi connectivity index (χ3v) is 2.48. The smallest absolute Gasteiger partial charge is 0.318 e. The molecule has 0 radical (unpaired) electrons. The van der Waals surface area contributed by atoms with E-state index in [1.165, 1.54) is 5.56 Å². The standard InChI is InChI=1S/C13H18N2O3/c1-8(2)10-4-6-11(7-5-10)18-9(3)12(16)15-13(14)17/h4-9H,1-3H3,(H3,14,15,16,17)/t9-/m0/s1. The van der Waals surface area contributed by atoms with Crippen molar-refractivity contribution in [2.75, 3.05) is 0 Å². The molecule has 1 atom stereocenters. The molecular weight excluding hydrogens is 232 g/mol. The number of ether oxygens (including phenoxy) is 1. The van der Waals surface area contributed by atoms with E-state index in [1.807, 2.05) is 17.4 Å². The lowest BCUT2D eigenvalue weighted by atomic mass is 10.0. The number of nitrogens with two attached hydrogens (primary N) is 1. The van der Waals surface area contributed by atoms with E-state index < -0.39 is 18.0 Å². The van der Waals surface area contributed by atoms with Gasteiger partial charge in [-0.15, -0.1) is 0 Å². The SMILES string of the molecule is CC(C)c1ccc(O[C@@H](C)C(=O)NC(N)=O)cc1. The number of carbonyl (C=O) groups excluding carboxylic acids is 2. The summed E-state index contributed by atoms with van der Waals surface area (Å²) in [7, 11) is 0. The van der Waals surface area contributed by atoms with Gasteiger partial charge in [0.1, 0.15) is 5.75 Å². The molecule has 5 nitrogen and oxygen atoms in total. The molecule has 0 aromatic heterocycles. The van der Waals surface area contributed by atoms with E-state index in [9.17, 15) is 9.59 Å². The zero-order valence-electron chi connectivity index (χ0n) is 10.8. The van der Waals surface area contributed by atoms with Crippen LogP contribution in [-0.2, 0) is 4.79 Å². The van der Waals surface area contributed by atoms with E-state index in [0.717, 1.165) is 0 Å². The van der Waals surface area contributed by atoms with E-state index >= 15 is 0 Å². The van der Waals surface area contributed by atoms with Gasteiger partial charge in [-0.25, -0.2) is 4.79 Å². The predicted octanol–water partition coefficient (Wildman–Crippen LogP) is 1.77. The van der Waals surface area contributed by atoms with Crippen LogP contribution in [0.2, 0.25) is 0 Å². The molecule has 1 aromatic rings. The first-order chi connectivity index (χ1) is 8.40. The Labute approximate surface area is 106 Å². The number of benzene rings is 1. The quantitative estimate of drug-likeness (QED) is 0.854. The van der Waals surface area contributed by atoms with Gasteiger partial charge >= 0.3 is 6.03 Å². The van der Waals surface area contributed by atoms with Crippen molar-refractivity contribution in [2.45, 2.75) is 32.8 Å². The molecule has 1 rings (SSSR count). The molecule has 3 amide bonds. The Bertz CT molecular complexity index is 426. The molecule has 0 fully saturated rings. The third kappa shape index (κ3) is 4.08. The molecule has 0 spiro atoms. The van der Waals surface area contributed by atoms with Crippen molar-refractivity contribution in [3.63, 3.8) is 0 Å². The number of hydrogen-bond acceptors (Lipinski definition) is 3. The Morgan fingerprint density at radius 3 is 2.17 bits per heavy atom. The van der Waals surface area contributed by atoms with Crippen molar-refractivity contribution < 1.29 is 14.3 Å². The van der Waals surface area contributed by atoms with Gasteiger partial charge in [0.15, 0.2) is 6.10 Å². The van der Waals surface area contributed by atoms with E-state index in [1.54, 1.807) is 19.1 Å². The maximum atomic E-state index is 11.4. The van der Waals surface area contributed by atoms with Crippen LogP contribution in [0.4, 0.5) is 4.79 Å². The van der Waals surface area contributed by atoms with Crippen LogP contribution < -0.4 is 15.8 Å². The van der Waals surface area contributed by atoms with Crippen LogP contribution in [0.15, 0.2) is 24.3 Å². The number of carbonyl (C=O) groups is 2.